The van der Waals surface area contributed by atoms with Crippen LogP contribution in [-0.4, -0.2) is 32.5 Å². The Balaban J connectivity index is 2.37. The van der Waals surface area contributed by atoms with E-state index in [1.807, 2.05) is 26.8 Å². The zero-order chi connectivity index (χ0) is 19.3. The van der Waals surface area contributed by atoms with Gasteiger partial charge in [-0.1, -0.05) is 26.0 Å². The Bertz CT molecular complexity index is 831. The van der Waals surface area contributed by atoms with Crippen molar-refractivity contribution in [3.8, 4) is 5.75 Å². The lowest BCUT2D eigenvalue weighted by Crippen LogP contribution is -2.35. The minimum absolute atomic E-state index is 0.0187. The smallest absolute Gasteiger partial charge is 0.258 e. The highest BCUT2D eigenvalue weighted by atomic mass is 32.2. The maximum atomic E-state index is 12.9. The van der Waals surface area contributed by atoms with E-state index in [0.29, 0.717) is 5.75 Å². The molecule has 2 rings (SSSR count). The number of methoxy groups -OCH3 is 1. The molecular weight excluding hydrogens is 354 g/mol. The second kappa shape index (κ2) is 8.35. The van der Waals surface area contributed by atoms with Gasteiger partial charge in [-0.15, -0.1) is 0 Å². The Hall–Kier alpha value is -2.35. The SMILES string of the molecule is CC[C@H](C)NC(=O)C1=C(S(=O)(=O)Nc2cncc(OC)c2)C[C@@H](C)C=C1. The molecule has 7 nitrogen and oxygen atoms in total. The van der Waals surface area contributed by atoms with Crippen molar-refractivity contribution in [1.82, 2.24) is 10.3 Å². The van der Waals surface area contributed by atoms with Crippen LogP contribution in [0.1, 0.15) is 33.6 Å². The van der Waals surface area contributed by atoms with Gasteiger partial charge in [0.15, 0.2) is 0 Å². The molecule has 0 unspecified atom stereocenters. The number of sulfonamides is 1. The van der Waals surface area contributed by atoms with Gasteiger partial charge in [-0.05, 0) is 25.7 Å². The number of nitrogens with one attached hydrogen (secondary N) is 2. The van der Waals surface area contributed by atoms with Crippen LogP contribution in [0.25, 0.3) is 0 Å². The van der Waals surface area contributed by atoms with Gasteiger partial charge < -0.3 is 10.1 Å². The summed E-state index contributed by atoms with van der Waals surface area (Å²) in [4.78, 5) is 16.6. The number of carbonyl (C=O) groups excluding carboxylic acids is 1. The van der Waals surface area contributed by atoms with Gasteiger partial charge in [0.1, 0.15) is 5.75 Å². The molecule has 0 aromatic carbocycles. The summed E-state index contributed by atoms with van der Waals surface area (Å²) in [7, 11) is -2.43. The third kappa shape index (κ3) is 4.85. The van der Waals surface area contributed by atoms with E-state index in [9.17, 15) is 13.2 Å². The van der Waals surface area contributed by atoms with E-state index in [4.69, 9.17) is 4.74 Å². The molecule has 8 heteroatoms. The first-order valence-electron chi connectivity index (χ1n) is 8.51. The number of pyridine rings is 1. The van der Waals surface area contributed by atoms with Gasteiger partial charge in [-0.3, -0.25) is 14.5 Å². The molecule has 1 amide bonds. The van der Waals surface area contributed by atoms with Gasteiger partial charge in [0, 0.05) is 12.1 Å². The molecule has 142 valence electrons. The predicted molar refractivity (Wildman–Crippen MR) is 101 cm³/mol. The van der Waals surface area contributed by atoms with Crippen LogP contribution in [0.3, 0.4) is 0 Å². The molecule has 1 aromatic heterocycles. The zero-order valence-corrected chi connectivity index (χ0v) is 16.3. The zero-order valence-electron chi connectivity index (χ0n) is 15.4. The lowest BCUT2D eigenvalue weighted by Gasteiger charge is -2.21. The largest absolute Gasteiger partial charge is 0.495 e. The molecule has 2 atom stereocenters. The monoisotopic (exact) mass is 379 g/mol. The summed E-state index contributed by atoms with van der Waals surface area (Å²) in [6.45, 7) is 5.73. The van der Waals surface area contributed by atoms with E-state index in [2.05, 4.69) is 15.0 Å². The number of ether oxygens (including phenoxy) is 1. The molecule has 0 bridgehead atoms. The van der Waals surface area contributed by atoms with Crippen LogP contribution in [0.5, 0.6) is 5.75 Å². The van der Waals surface area contributed by atoms with Crippen molar-refractivity contribution in [3.63, 3.8) is 0 Å². The van der Waals surface area contributed by atoms with Gasteiger partial charge in [-0.25, -0.2) is 8.42 Å². The molecule has 0 saturated heterocycles. The number of rotatable bonds is 7. The summed E-state index contributed by atoms with van der Waals surface area (Å²) in [6.07, 6.45) is 7.32. The van der Waals surface area contributed by atoms with Gasteiger partial charge in [0.05, 0.1) is 35.7 Å². The van der Waals surface area contributed by atoms with E-state index in [1.165, 1.54) is 25.6 Å². The number of hydrogen-bond acceptors (Lipinski definition) is 5. The quantitative estimate of drug-likeness (QED) is 0.759. The normalized spacial score (nSPS) is 18.4. The molecule has 0 spiro atoms. The van der Waals surface area contributed by atoms with Gasteiger partial charge in [0.25, 0.3) is 15.9 Å². The van der Waals surface area contributed by atoms with Gasteiger partial charge >= 0.3 is 0 Å². The maximum absolute atomic E-state index is 12.9. The van der Waals surface area contributed by atoms with Crippen molar-refractivity contribution in [1.29, 1.82) is 0 Å². The fourth-order valence-corrected chi connectivity index (χ4v) is 3.96. The Kier molecular flexibility index (Phi) is 6.42. The Morgan fingerprint density at radius 2 is 2.15 bits per heavy atom. The molecule has 1 aliphatic rings. The van der Waals surface area contributed by atoms with Crippen molar-refractivity contribution in [3.05, 3.63) is 41.1 Å². The number of carbonyl (C=O) groups is 1. The van der Waals surface area contributed by atoms with Crippen LogP contribution < -0.4 is 14.8 Å². The number of aromatic nitrogens is 1. The first kappa shape index (κ1) is 20.0. The summed E-state index contributed by atoms with van der Waals surface area (Å²) >= 11 is 0. The van der Waals surface area contributed by atoms with E-state index in [1.54, 1.807) is 6.08 Å². The first-order chi connectivity index (χ1) is 12.3. The molecule has 0 aliphatic heterocycles. The summed E-state index contributed by atoms with van der Waals surface area (Å²) in [6, 6.07) is 1.49. The topological polar surface area (TPSA) is 97.4 Å². The fourth-order valence-electron chi connectivity index (χ4n) is 2.49. The van der Waals surface area contributed by atoms with Crippen LogP contribution in [-0.2, 0) is 14.8 Å². The highest BCUT2D eigenvalue weighted by molar-refractivity contribution is 7.96. The average Bonchev–Trinajstić information content (AvgIpc) is 2.61. The summed E-state index contributed by atoms with van der Waals surface area (Å²) in [5.74, 6) is 0.0719. The number of allylic oxidation sites excluding steroid dienone is 2. The molecule has 0 fully saturated rings. The minimum atomic E-state index is -3.91. The first-order valence-corrected chi connectivity index (χ1v) is 9.99. The molecule has 26 heavy (non-hydrogen) atoms. The summed E-state index contributed by atoms with van der Waals surface area (Å²) in [5, 5.41) is 2.83. The number of anilines is 1. The van der Waals surface area contributed by atoms with E-state index in [-0.39, 0.29) is 40.5 Å². The van der Waals surface area contributed by atoms with Crippen molar-refractivity contribution >= 4 is 21.6 Å². The standard InChI is InChI=1S/C18H25N3O4S/c1-5-13(3)20-18(22)16-7-6-12(2)8-17(16)26(23,24)21-14-9-15(25-4)11-19-10-14/h6-7,9-13,21H,5,8H2,1-4H3,(H,20,22)/t12-,13-/m0/s1. The molecular formula is C18H25N3O4S. The van der Waals surface area contributed by atoms with Gasteiger partial charge in [0.2, 0.25) is 0 Å². The van der Waals surface area contributed by atoms with Crippen molar-refractivity contribution in [2.45, 2.75) is 39.7 Å². The van der Waals surface area contributed by atoms with Crippen LogP contribution in [0.15, 0.2) is 41.1 Å². The van der Waals surface area contributed by atoms with Crippen LogP contribution in [0.4, 0.5) is 5.69 Å². The molecule has 1 heterocycles. The third-order valence-corrected chi connectivity index (χ3v) is 5.70. The fraction of sp³-hybridized carbons (Fsp3) is 0.444. The van der Waals surface area contributed by atoms with Crippen molar-refractivity contribution in [2.24, 2.45) is 5.92 Å². The Morgan fingerprint density at radius 3 is 2.81 bits per heavy atom. The van der Waals surface area contributed by atoms with Crippen molar-refractivity contribution < 1.29 is 17.9 Å². The van der Waals surface area contributed by atoms with Crippen molar-refractivity contribution in [2.75, 3.05) is 11.8 Å². The molecule has 0 radical (unpaired) electrons. The van der Waals surface area contributed by atoms with Crippen LogP contribution in [0.2, 0.25) is 0 Å². The number of nitrogens with zero attached hydrogens (tertiary/aromatic N) is 1. The molecule has 0 saturated carbocycles. The second-order valence-electron chi connectivity index (χ2n) is 6.38. The van der Waals surface area contributed by atoms with Crippen LogP contribution in [0, 0.1) is 5.92 Å². The number of amides is 1. The highest BCUT2D eigenvalue weighted by Crippen LogP contribution is 2.29. The molecule has 1 aromatic rings. The predicted octanol–water partition coefficient (Wildman–Crippen LogP) is 2.60. The summed E-state index contributed by atoms with van der Waals surface area (Å²) < 4.78 is 33.4. The van der Waals surface area contributed by atoms with E-state index in [0.717, 1.165) is 6.42 Å². The average molecular weight is 379 g/mol. The minimum Gasteiger partial charge on any atom is -0.495 e. The molecule has 1 aliphatic carbocycles. The second-order valence-corrected chi connectivity index (χ2v) is 8.08. The van der Waals surface area contributed by atoms with Gasteiger partial charge in [-0.2, -0.15) is 0 Å². The number of hydrogen-bond donors (Lipinski definition) is 2. The lowest BCUT2D eigenvalue weighted by molar-refractivity contribution is -0.117. The third-order valence-electron chi connectivity index (χ3n) is 4.16. The maximum Gasteiger partial charge on any atom is 0.258 e. The summed E-state index contributed by atoms with van der Waals surface area (Å²) in [5.41, 5.74) is 0.451. The highest BCUT2D eigenvalue weighted by Gasteiger charge is 2.29. The lowest BCUT2D eigenvalue weighted by atomic mass is 9.97. The Labute approximate surface area is 154 Å². The van der Waals surface area contributed by atoms with Crippen LogP contribution >= 0.6 is 0 Å². The van der Waals surface area contributed by atoms with E-state index < -0.39 is 10.0 Å². The Morgan fingerprint density at radius 1 is 1.42 bits per heavy atom. The van der Waals surface area contributed by atoms with E-state index >= 15 is 0 Å². The molecule has 2 N–H and O–H groups in total.